The minimum Gasteiger partial charge on any atom is -0.337 e. The van der Waals surface area contributed by atoms with Crippen molar-refractivity contribution in [1.82, 2.24) is 4.90 Å². The van der Waals surface area contributed by atoms with Crippen molar-refractivity contribution in [1.29, 1.82) is 0 Å². The van der Waals surface area contributed by atoms with E-state index in [1.165, 1.54) is 11.9 Å². The fourth-order valence-electron chi connectivity index (χ4n) is 2.35. The monoisotopic (exact) mass is 304 g/mol. The average molecular weight is 304 g/mol. The third-order valence-electron chi connectivity index (χ3n) is 3.75. The van der Waals surface area contributed by atoms with E-state index in [9.17, 15) is 22.4 Å². The summed E-state index contributed by atoms with van der Waals surface area (Å²) in [6.45, 7) is 0.202. The normalized spacial score (nSPS) is 16.7. The molecule has 1 aliphatic rings. The summed E-state index contributed by atoms with van der Waals surface area (Å²) < 4.78 is 51.7. The number of amides is 1. The lowest BCUT2D eigenvalue weighted by Crippen LogP contribution is -2.43. The molecule has 1 amide bonds. The van der Waals surface area contributed by atoms with Crippen LogP contribution in [0.2, 0.25) is 0 Å². The van der Waals surface area contributed by atoms with Crippen LogP contribution in [0.4, 0.5) is 17.6 Å². The predicted octanol–water partition coefficient (Wildman–Crippen LogP) is 2.65. The van der Waals surface area contributed by atoms with E-state index in [1.807, 2.05) is 0 Å². The number of likely N-dealkylation sites (N-methyl/N-ethyl adjacent to an activating group) is 1. The second-order valence-corrected chi connectivity index (χ2v) is 5.25. The summed E-state index contributed by atoms with van der Waals surface area (Å²) in [6.07, 6.45) is -2.78. The molecule has 0 heterocycles. The highest BCUT2D eigenvalue weighted by atomic mass is 19.4. The Morgan fingerprint density at radius 1 is 1.43 bits per heavy atom. The van der Waals surface area contributed by atoms with E-state index < -0.39 is 29.0 Å². The molecule has 7 heteroatoms. The van der Waals surface area contributed by atoms with Crippen LogP contribution in [0.5, 0.6) is 0 Å². The van der Waals surface area contributed by atoms with Gasteiger partial charge in [-0.3, -0.25) is 4.79 Å². The van der Waals surface area contributed by atoms with Crippen LogP contribution >= 0.6 is 0 Å². The van der Waals surface area contributed by atoms with Crippen molar-refractivity contribution in [3.8, 4) is 0 Å². The smallest absolute Gasteiger partial charge is 0.337 e. The molecule has 3 nitrogen and oxygen atoms in total. The number of rotatable bonds is 4. The molecule has 1 atom stereocenters. The Bertz CT molecular complexity index is 540. The second-order valence-electron chi connectivity index (χ2n) is 5.25. The number of nitrogens with two attached hydrogens (primary N) is 1. The molecule has 21 heavy (non-hydrogen) atoms. The maximum atomic E-state index is 13.7. The highest BCUT2D eigenvalue weighted by molar-refractivity contribution is 5.94. The zero-order valence-corrected chi connectivity index (χ0v) is 11.5. The van der Waals surface area contributed by atoms with Gasteiger partial charge in [-0.15, -0.1) is 0 Å². The Morgan fingerprint density at radius 3 is 2.52 bits per heavy atom. The predicted molar refractivity (Wildman–Crippen MR) is 69.1 cm³/mol. The van der Waals surface area contributed by atoms with E-state index in [1.54, 1.807) is 0 Å². The van der Waals surface area contributed by atoms with Crippen LogP contribution in [0.25, 0.3) is 0 Å². The molecule has 0 aliphatic heterocycles. The molecule has 0 saturated heterocycles. The molecular formula is C14H16F4N2O. The standard InChI is InChI=1S/C14H16F4N2O/c1-20(12(7-19)8-2-3-8)13(21)10-6-9(14(16,17)18)4-5-11(10)15/h4-6,8,12H,2-3,7,19H2,1H3. The van der Waals surface area contributed by atoms with Crippen LogP contribution in [-0.2, 0) is 6.18 Å². The molecule has 0 radical (unpaired) electrons. The van der Waals surface area contributed by atoms with Gasteiger partial charge in [-0.2, -0.15) is 13.2 Å². The summed E-state index contributed by atoms with van der Waals surface area (Å²) in [6, 6.07) is 1.56. The molecule has 0 aromatic heterocycles. The quantitative estimate of drug-likeness (QED) is 0.869. The van der Waals surface area contributed by atoms with Crippen molar-refractivity contribution in [3.05, 3.63) is 35.1 Å². The van der Waals surface area contributed by atoms with Crippen molar-refractivity contribution in [2.75, 3.05) is 13.6 Å². The molecule has 0 bridgehead atoms. The van der Waals surface area contributed by atoms with E-state index >= 15 is 0 Å². The van der Waals surface area contributed by atoms with Crippen LogP contribution in [-0.4, -0.2) is 30.4 Å². The molecule has 1 fully saturated rings. The first-order valence-corrected chi connectivity index (χ1v) is 6.59. The van der Waals surface area contributed by atoms with Crippen LogP contribution < -0.4 is 5.73 Å². The first-order valence-electron chi connectivity index (χ1n) is 6.59. The highest BCUT2D eigenvalue weighted by Gasteiger charge is 2.37. The van der Waals surface area contributed by atoms with Crippen molar-refractivity contribution in [2.24, 2.45) is 11.7 Å². The summed E-state index contributed by atoms with van der Waals surface area (Å²) in [5.41, 5.74) is 3.98. The molecule has 1 aromatic rings. The van der Waals surface area contributed by atoms with Crippen LogP contribution in [0.3, 0.4) is 0 Å². The van der Waals surface area contributed by atoms with Crippen molar-refractivity contribution in [2.45, 2.75) is 25.1 Å². The minimum absolute atomic E-state index is 0.202. The topological polar surface area (TPSA) is 46.3 Å². The lowest BCUT2D eigenvalue weighted by molar-refractivity contribution is -0.137. The van der Waals surface area contributed by atoms with Gasteiger partial charge in [0.2, 0.25) is 0 Å². The maximum Gasteiger partial charge on any atom is 0.416 e. The number of hydrogen-bond acceptors (Lipinski definition) is 2. The second kappa shape index (κ2) is 5.63. The Morgan fingerprint density at radius 2 is 2.05 bits per heavy atom. The maximum absolute atomic E-state index is 13.7. The highest BCUT2D eigenvalue weighted by Crippen LogP contribution is 2.35. The van der Waals surface area contributed by atoms with Gasteiger partial charge in [0, 0.05) is 19.6 Å². The fourth-order valence-corrected chi connectivity index (χ4v) is 2.35. The molecule has 1 aromatic carbocycles. The van der Waals surface area contributed by atoms with E-state index in [0.717, 1.165) is 12.8 Å². The largest absolute Gasteiger partial charge is 0.416 e. The Balaban J connectivity index is 2.29. The SMILES string of the molecule is CN(C(=O)c1cc(C(F)(F)F)ccc1F)C(CN)C1CC1. The lowest BCUT2D eigenvalue weighted by atomic mass is 10.1. The van der Waals surface area contributed by atoms with Gasteiger partial charge in [-0.25, -0.2) is 4.39 Å². The zero-order chi connectivity index (χ0) is 15.8. The third-order valence-corrected chi connectivity index (χ3v) is 3.75. The van der Waals surface area contributed by atoms with Crippen LogP contribution in [0.1, 0.15) is 28.8 Å². The molecule has 0 spiro atoms. The van der Waals surface area contributed by atoms with E-state index in [2.05, 4.69) is 0 Å². The van der Waals surface area contributed by atoms with Gasteiger partial charge < -0.3 is 10.6 Å². The Hall–Kier alpha value is -1.63. The van der Waals surface area contributed by atoms with Crippen LogP contribution in [0, 0.1) is 11.7 Å². The van der Waals surface area contributed by atoms with Gasteiger partial charge in [-0.1, -0.05) is 0 Å². The van der Waals surface area contributed by atoms with Gasteiger partial charge in [0.25, 0.3) is 5.91 Å². The van der Waals surface area contributed by atoms with Gasteiger partial charge in [0.1, 0.15) is 5.82 Å². The van der Waals surface area contributed by atoms with Gasteiger partial charge in [-0.05, 0) is 37.0 Å². The first-order chi connectivity index (χ1) is 9.75. The third kappa shape index (κ3) is 3.34. The molecular weight excluding hydrogens is 288 g/mol. The van der Waals surface area contributed by atoms with E-state index in [-0.39, 0.29) is 18.5 Å². The summed E-state index contributed by atoms with van der Waals surface area (Å²) >= 11 is 0. The summed E-state index contributed by atoms with van der Waals surface area (Å²) in [7, 11) is 1.44. The zero-order valence-electron chi connectivity index (χ0n) is 11.5. The number of nitrogens with zero attached hydrogens (tertiary/aromatic N) is 1. The minimum atomic E-state index is -4.62. The molecule has 1 aliphatic carbocycles. The summed E-state index contributed by atoms with van der Waals surface area (Å²) in [4.78, 5) is 13.5. The number of carbonyl (C=O) groups excluding carboxylic acids is 1. The van der Waals surface area contributed by atoms with Gasteiger partial charge in [0.05, 0.1) is 11.1 Å². The van der Waals surface area contributed by atoms with Gasteiger partial charge in [0.15, 0.2) is 0 Å². The van der Waals surface area contributed by atoms with Crippen molar-refractivity contribution < 1.29 is 22.4 Å². The Kier molecular flexibility index (Phi) is 4.22. The first kappa shape index (κ1) is 15.8. The summed E-state index contributed by atoms with van der Waals surface area (Å²) in [5.74, 6) is -1.50. The fraction of sp³-hybridized carbons (Fsp3) is 0.500. The van der Waals surface area contributed by atoms with Gasteiger partial charge >= 0.3 is 6.18 Å². The van der Waals surface area contributed by atoms with E-state index in [4.69, 9.17) is 5.73 Å². The molecule has 2 N–H and O–H groups in total. The summed E-state index contributed by atoms with van der Waals surface area (Å²) in [5, 5.41) is 0. The number of benzene rings is 1. The Labute approximate surface area is 119 Å². The number of carbonyl (C=O) groups is 1. The van der Waals surface area contributed by atoms with Crippen LogP contribution in [0.15, 0.2) is 18.2 Å². The average Bonchev–Trinajstić information content (AvgIpc) is 3.22. The number of halogens is 4. The van der Waals surface area contributed by atoms with Crippen molar-refractivity contribution in [3.63, 3.8) is 0 Å². The van der Waals surface area contributed by atoms with E-state index in [0.29, 0.717) is 18.2 Å². The van der Waals surface area contributed by atoms with Crippen molar-refractivity contribution >= 4 is 5.91 Å². The number of hydrogen-bond donors (Lipinski definition) is 1. The molecule has 1 saturated carbocycles. The number of alkyl halides is 3. The molecule has 1 unspecified atom stereocenters. The molecule has 116 valence electrons. The lowest BCUT2D eigenvalue weighted by Gasteiger charge is -2.27. The molecule has 2 rings (SSSR count).